The third kappa shape index (κ3) is 2.60. The van der Waals surface area contributed by atoms with Gasteiger partial charge in [0.25, 0.3) is 5.91 Å². The summed E-state index contributed by atoms with van der Waals surface area (Å²) in [7, 11) is 1.54. The molecule has 0 radical (unpaired) electrons. The van der Waals surface area contributed by atoms with Crippen molar-refractivity contribution in [2.24, 2.45) is 0 Å². The molecule has 7 heteroatoms. The normalized spacial score (nSPS) is 10.7. The predicted molar refractivity (Wildman–Crippen MR) is 83.7 cm³/mol. The van der Waals surface area contributed by atoms with Crippen molar-refractivity contribution in [3.63, 3.8) is 0 Å². The summed E-state index contributed by atoms with van der Waals surface area (Å²) < 4.78 is 6.88. The Morgan fingerprint density at radius 3 is 2.82 bits per heavy atom. The Morgan fingerprint density at radius 1 is 1.27 bits per heavy atom. The Labute approximate surface area is 131 Å². The fraction of sp³-hybridized carbons (Fsp3) is 0.133. The van der Waals surface area contributed by atoms with Crippen molar-refractivity contribution in [1.82, 2.24) is 14.6 Å². The number of hydrogen-bond donors (Lipinski definition) is 1. The molecule has 0 aliphatic carbocycles. The zero-order valence-corrected chi connectivity index (χ0v) is 12.8. The van der Waals surface area contributed by atoms with E-state index in [9.17, 15) is 4.79 Å². The number of aryl methyl sites for hydroxylation is 1. The smallest absolute Gasteiger partial charge is 0.255 e. The molecule has 0 fully saturated rings. The van der Waals surface area contributed by atoms with Crippen molar-refractivity contribution in [3.05, 3.63) is 52.9 Å². The van der Waals surface area contributed by atoms with Gasteiger partial charge in [0.2, 0.25) is 0 Å². The first-order chi connectivity index (χ1) is 10.6. The SMILES string of the molecule is COc1ccc(NC(=O)c2ccn3c(C)nnc3c2)cc1Cl. The summed E-state index contributed by atoms with van der Waals surface area (Å²) in [5.41, 5.74) is 1.71. The van der Waals surface area contributed by atoms with Crippen LogP contribution in [0.4, 0.5) is 5.69 Å². The number of carbonyl (C=O) groups is 1. The van der Waals surface area contributed by atoms with Gasteiger partial charge in [0.1, 0.15) is 11.6 Å². The maximum Gasteiger partial charge on any atom is 0.255 e. The van der Waals surface area contributed by atoms with Crippen LogP contribution in [0.5, 0.6) is 5.75 Å². The fourth-order valence-corrected chi connectivity index (χ4v) is 2.36. The molecule has 1 aromatic carbocycles. The number of amides is 1. The Bertz CT molecular complexity index is 860. The Balaban J connectivity index is 1.85. The number of benzene rings is 1. The van der Waals surface area contributed by atoms with E-state index < -0.39 is 0 Å². The maximum atomic E-state index is 12.3. The summed E-state index contributed by atoms with van der Waals surface area (Å²) in [6.07, 6.45) is 1.76. The number of ether oxygens (including phenoxy) is 1. The van der Waals surface area contributed by atoms with Gasteiger partial charge in [-0.1, -0.05) is 11.6 Å². The van der Waals surface area contributed by atoms with Crippen molar-refractivity contribution in [2.45, 2.75) is 6.92 Å². The lowest BCUT2D eigenvalue weighted by molar-refractivity contribution is 0.102. The molecule has 0 aliphatic rings. The number of halogens is 1. The van der Waals surface area contributed by atoms with E-state index in [2.05, 4.69) is 15.5 Å². The van der Waals surface area contributed by atoms with Crippen LogP contribution in [-0.2, 0) is 0 Å². The summed E-state index contributed by atoms with van der Waals surface area (Å²) in [5.74, 6) is 1.08. The van der Waals surface area contributed by atoms with Gasteiger partial charge in [-0.05, 0) is 37.3 Å². The summed E-state index contributed by atoms with van der Waals surface area (Å²) in [4.78, 5) is 12.3. The van der Waals surface area contributed by atoms with Crippen LogP contribution in [0, 0.1) is 6.92 Å². The van der Waals surface area contributed by atoms with E-state index in [4.69, 9.17) is 16.3 Å². The number of aromatic nitrogens is 3. The van der Waals surface area contributed by atoms with E-state index in [0.29, 0.717) is 27.7 Å². The highest BCUT2D eigenvalue weighted by Gasteiger charge is 2.10. The lowest BCUT2D eigenvalue weighted by Crippen LogP contribution is -2.12. The number of anilines is 1. The minimum Gasteiger partial charge on any atom is -0.495 e. The molecule has 112 valence electrons. The molecule has 3 rings (SSSR count). The predicted octanol–water partition coefficient (Wildman–Crippen LogP) is 2.95. The van der Waals surface area contributed by atoms with Crippen LogP contribution in [0.3, 0.4) is 0 Å². The molecule has 0 bridgehead atoms. The first-order valence-corrected chi connectivity index (χ1v) is 6.92. The molecule has 0 saturated carbocycles. The van der Waals surface area contributed by atoms with Crippen LogP contribution in [0.1, 0.15) is 16.2 Å². The first kappa shape index (κ1) is 14.3. The molecule has 1 amide bonds. The van der Waals surface area contributed by atoms with Crippen LogP contribution in [-0.4, -0.2) is 27.6 Å². The highest BCUT2D eigenvalue weighted by atomic mass is 35.5. The van der Waals surface area contributed by atoms with Crippen molar-refractivity contribution in [2.75, 3.05) is 12.4 Å². The van der Waals surface area contributed by atoms with E-state index in [1.54, 1.807) is 40.9 Å². The molecule has 0 unspecified atom stereocenters. The molecule has 0 aliphatic heterocycles. The number of methoxy groups -OCH3 is 1. The quantitative estimate of drug-likeness (QED) is 0.806. The van der Waals surface area contributed by atoms with Gasteiger partial charge in [-0.25, -0.2) is 0 Å². The van der Waals surface area contributed by atoms with Crippen LogP contribution in [0.25, 0.3) is 5.65 Å². The zero-order chi connectivity index (χ0) is 15.7. The molecule has 2 heterocycles. The molecule has 1 N–H and O–H groups in total. The third-order valence-corrected chi connectivity index (χ3v) is 3.55. The summed E-state index contributed by atoms with van der Waals surface area (Å²) in [6, 6.07) is 8.45. The van der Waals surface area contributed by atoms with Crippen LogP contribution >= 0.6 is 11.6 Å². The van der Waals surface area contributed by atoms with Gasteiger partial charge in [-0.3, -0.25) is 9.20 Å². The molecule has 3 aromatic rings. The molecule has 6 nitrogen and oxygen atoms in total. The van der Waals surface area contributed by atoms with Crippen LogP contribution < -0.4 is 10.1 Å². The summed E-state index contributed by atoms with van der Waals surface area (Å²) in [5, 5.41) is 11.2. The topological polar surface area (TPSA) is 68.5 Å². The number of carbonyl (C=O) groups excluding carboxylic acids is 1. The number of rotatable bonds is 3. The zero-order valence-electron chi connectivity index (χ0n) is 12.0. The highest BCUT2D eigenvalue weighted by Crippen LogP contribution is 2.27. The number of hydrogen-bond acceptors (Lipinski definition) is 4. The van der Waals surface area contributed by atoms with Gasteiger partial charge in [0.05, 0.1) is 12.1 Å². The Kier molecular flexibility index (Phi) is 3.68. The van der Waals surface area contributed by atoms with Gasteiger partial charge in [0.15, 0.2) is 5.65 Å². The molecule has 2 aromatic heterocycles. The molecular formula is C15H13ClN4O2. The number of nitrogens with zero attached hydrogens (tertiary/aromatic N) is 3. The second-order valence-corrected chi connectivity index (χ2v) is 5.10. The fourth-order valence-electron chi connectivity index (χ4n) is 2.10. The summed E-state index contributed by atoms with van der Waals surface area (Å²) >= 11 is 6.04. The molecular weight excluding hydrogens is 304 g/mol. The average molecular weight is 317 g/mol. The van der Waals surface area contributed by atoms with Gasteiger partial charge in [-0.15, -0.1) is 10.2 Å². The minimum absolute atomic E-state index is 0.246. The summed E-state index contributed by atoms with van der Waals surface area (Å²) in [6.45, 7) is 1.85. The molecule has 0 saturated heterocycles. The van der Waals surface area contributed by atoms with Crippen molar-refractivity contribution < 1.29 is 9.53 Å². The van der Waals surface area contributed by atoms with Crippen LogP contribution in [0.15, 0.2) is 36.5 Å². The van der Waals surface area contributed by atoms with E-state index in [0.717, 1.165) is 5.82 Å². The Morgan fingerprint density at radius 2 is 2.09 bits per heavy atom. The van der Waals surface area contributed by atoms with E-state index >= 15 is 0 Å². The standard InChI is InChI=1S/C15H13ClN4O2/c1-9-18-19-14-7-10(5-6-20(9)14)15(21)17-11-3-4-13(22-2)12(16)8-11/h3-8H,1-2H3,(H,17,21). The van der Waals surface area contributed by atoms with E-state index in [1.165, 1.54) is 7.11 Å². The largest absolute Gasteiger partial charge is 0.495 e. The van der Waals surface area contributed by atoms with Crippen molar-refractivity contribution in [1.29, 1.82) is 0 Å². The van der Waals surface area contributed by atoms with Gasteiger partial charge >= 0.3 is 0 Å². The molecule has 0 atom stereocenters. The maximum absolute atomic E-state index is 12.3. The van der Waals surface area contributed by atoms with Crippen molar-refractivity contribution >= 4 is 28.8 Å². The third-order valence-electron chi connectivity index (χ3n) is 3.25. The van der Waals surface area contributed by atoms with E-state index in [1.807, 2.05) is 6.92 Å². The second kappa shape index (κ2) is 5.65. The van der Waals surface area contributed by atoms with Crippen LogP contribution in [0.2, 0.25) is 5.02 Å². The lowest BCUT2D eigenvalue weighted by Gasteiger charge is -2.08. The minimum atomic E-state index is -0.246. The van der Waals surface area contributed by atoms with Crippen molar-refractivity contribution in [3.8, 4) is 5.75 Å². The van der Waals surface area contributed by atoms with Gasteiger partial charge in [0, 0.05) is 17.4 Å². The van der Waals surface area contributed by atoms with Gasteiger partial charge < -0.3 is 10.1 Å². The monoisotopic (exact) mass is 316 g/mol. The number of pyridine rings is 1. The average Bonchev–Trinajstić information content (AvgIpc) is 2.88. The highest BCUT2D eigenvalue weighted by molar-refractivity contribution is 6.32. The first-order valence-electron chi connectivity index (χ1n) is 6.55. The second-order valence-electron chi connectivity index (χ2n) is 4.69. The molecule has 0 spiro atoms. The Hall–Kier alpha value is -2.60. The number of fused-ring (bicyclic) bond motifs is 1. The lowest BCUT2D eigenvalue weighted by atomic mass is 10.2. The van der Waals surface area contributed by atoms with Gasteiger partial charge in [-0.2, -0.15) is 0 Å². The number of nitrogens with one attached hydrogen (secondary N) is 1. The van der Waals surface area contributed by atoms with E-state index in [-0.39, 0.29) is 5.91 Å². The molecule has 22 heavy (non-hydrogen) atoms.